The molecular weight excluding hydrogens is 240 g/mol. The molecule has 1 aromatic heterocycles. The van der Waals surface area contributed by atoms with Crippen molar-refractivity contribution in [3.8, 4) is 0 Å². The number of fused-ring (bicyclic) bond motifs is 1. The quantitative estimate of drug-likeness (QED) is 0.850. The molecule has 0 aliphatic rings. The minimum absolute atomic E-state index is 0.406. The molecule has 5 nitrogen and oxygen atoms in total. The molecule has 0 saturated heterocycles. The van der Waals surface area contributed by atoms with E-state index in [2.05, 4.69) is 15.3 Å². The van der Waals surface area contributed by atoms with Gasteiger partial charge in [0.05, 0.1) is 11.1 Å². The second kappa shape index (κ2) is 5.50. The van der Waals surface area contributed by atoms with Gasteiger partial charge in [-0.1, -0.05) is 18.2 Å². The first-order valence-electron chi connectivity index (χ1n) is 6.29. The van der Waals surface area contributed by atoms with Gasteiger partial charge in [-0.15, -0.1) is 0 Å². The summed E-state index contributed by atoms with van der Waals surface area (Å²) in [6.45, 7) is 2.78. The number of nitrogens with one attached hydrogen (secondary N) is 1. The lowest BCUT2D eigenvalue weighted by molar-refractivity contribution is 0.0458. The summed E-state index contributed by atoms with van der Waals surface area (Å²) in [7, 11) is 3.86. The van der Waals surface area contributed by atoms with Crippen molar-refractivity contribution in [1.82, 2.24) is 14.9 Å². The first-order chi connectivity index (χ1) is 8.96. The molecule has 0 aliphatic heterocycles. The van der Waals surface area contributed by atoms with Crippen LogP contribution in [0.1, 0.15) is 6.92 Å². The van der Waals surface area contributed by atoms with Crippen molar-refractivity contribution in [2.45, 2.75) is 12.5 Å². The summed E-state index contributed by atoms with van der Waals surface area (Å²) in [5, 5.41) is 14.3. The highest BCUT2D eigenvalue weighted by Gasteiger charge is 2.21. The molecule has 2 aromatic rings. The predicted molar refractivity (Wildman–Crippen MR) is 77.2 cm³/mol. The normalized spacial score (nSPS) is 14.6. The summed E-state index contributed by atoms with van der Waals surface area (Å²) in [5.74, 6) is 0.540. The van der Waals surface area contributed by atoms with Gasteiger partial charge in [0.1, 0.15) is 0 Å². The average molecular weight is 260 g/mol. The van der Waals surface area contributed by atoms with E-state index < -0.39 is 5.60 Å². The molecule has 0 saturated carbocycles. The zero-order chi connectivity index (χ0) is 13.9. The van der Waals surface area contributed by atoms with Gasteiger partial charge >= 0.3 is 0 Å². The Morgan fingerprint density at radius 3 is 2.79 bits per heavy atom. The maximum Gasteiger partial charge on any atom is 0.223 e. The molecule has 1 atom stereocenters. The van der Waals surface area contributed by atoms with Crippen LogP contribution in [0.25, 0.3) is 10.9 Å². The fraction of sp³-hybridized carbons (Fsp3) is 0.429. The Morgan fingerprint density at radius 1 is 1.32 bits per heavy atom. The zero-order valence-corrected chi connectivity index (χ0v) is 11.6. The van der Waals surface area contributed by atoms with Gasteiger partial charge in [-0.2, -0.15) is 0 Å². The van der Waals surface area contributed by atoms with E-state index in [4.69, 9.17) is 0 Å². The minimum Gasteiger partial charge on any atom is -0.387 e. The third-order valence-corrected chi connectivity index (χ3v) is 2.77. The lowest BCUT2D eigenvalue weighted by atomic mass is 10.1. The second-order valence-electron chi connectivity index (χ2n) is 5.34. The van der Waals surface area contributed by atoms with Gasteiger partial charge in [0.15, 0.2) is 0 Å². The minimum atomic E-state index is -0.821. The van der Waals surface area contributed by atoms with Gasteiger partial charge in [0.25, 0.3) is 0 Å². The Morgan fingerprint density at radius 2 is 2.05 bits per heavy atom. The number of aromatic nitrogens is 2. The van der Waals surface area contributed by atoms with Gasteiger partial charge < -0.3 is 15.3 Å². The van der Waals surface area contributed by atoms with E-state index >= 15 is 0 Å². The van der Waals surface area contributed by atoms with Crippen molar-refractivity contribution in [2.24, 2.45) is 0 Å². The number of aliphatic hydroxyl groups is 1. The number of nitrogens with zero attached hydrogens (tertiary/aromatic N) is 3. The number of benzene rings is 1. The third-order valence-electron chi connectivity index (χ3n) is 2.77. The van der Waals surface area contributed by atoms with Crippen LogP contribution < -0.4 is 5.32 Å². The van der Waals surface area contributed by atoms with E-state index in [0.29, 0.717) is 19.0 Å². The summed E-state index contributed by atoms with van der Waals surface area (Å²) < 4.78 is 0. The van der Waals surface area contributed by atoms with Crippen molar-refractivity contribution >= 4 is 16.9 Å². The maximum atomic E-state index is 10.2. The molecule has 19 heavy (non-hydrogen) atoms. The van der Waals surface area contributed by atoms with E-state index in [1.54, 1.807) is 13.1 Å². The number of likely N-dealkylation sites (N-methyl/N-ethyl adjacent to an activating group) is 1. The van der Waals surface area contributed by atoms with Crippen LogP contribution in [0.4, 0.5) is 5.95 Å². The standard InChI is InChI=1S/C14H20N4O/c1-14(19,10-18(2)3)9-16-13-15-8-11-6-4-5-7-12(11)17-13/h4-8,19H,9-10H2,1-3H3,(H,15,16,17). The topological polar surface area (TPSA) is 61.3 Å². The SMILES string of the molecule is CN(C)CC(C)(O)CNc1ncc2ccccc2n1. The summed E-state index contributed by atoms with van der Waals surface area (Å²) in [5.41, 5.74) is 0.0747. The molecule has 0 radical (unpaired) electrons. The first kappa shape index (κ1) is 13.7. The van der Waals surface area contributed by atoms with Crippen LogP contribution in [0, 0.1) is 0 Å². The van der Waals surface area contributed by atoms with Crippen LogP contribution in [0.3, 0.4) is 0 Å². The largest absolute Gasteiger partial charge is 0.387 e. The van der Waals surface area contributed by atoms with Crippen molar-refractivity contribution in [3.05, 3.63) is 30.5 Å². The summed E-state index contributed by atoms with van der Waals surface area (Å²) in [6.07, 6.45) is 1.78. The van der Waals surface area contributed by atoms with Crippen molar-refractivity contribution in [1.29, 1.82) is 0 Å². The highest BCUT2D eigenvalue weighted by molar-refractivity contribution is 5.78. The Labute approximate surface area is 113 Å². The Bertz CT molecular complexity index is 554. The smallest absolute Gasteiger partial charge is 0.223 e. The number of para-hydroxylation sites is 1. The molecule has 1 unspecified atom stereocenters. The van der Waals surface area contributed by atoms with Crippen molar-refractivity contribution in [2.75, 3.05) is 32.5 Å². The molecule has 102 valence electrons. The van der Waals surface area contributed by atoms with Crippen molar-refractivity contribution in [3.63, 3.8) is 0 Å². The number of rotatable bonds is 5. The van der Waals surface area contributed by atoms with Gasteiger partial charge in [-0.3, -0.25) is 0 Å². The predicted octanol–water partition coefficient (Wildman–Crippen LogP) is 1.35. The van der Waals surface area contributed by atoms with Crippen LogP contribution in [0.5, 0.6) is 0 Å². The van der Waals surface area contributed by atoms with E-state index in [1.807, 2.05) is 43.3 Å². The average Bonchev–Trinajstić information content (AvgIpc) is 2.35. The van der Waals surface area contributed by atoms with Gasteiger partial charge in [0.2, 0.25) is 5.95 Å². The highest BCUT2D eigenvalue weighted by atomic mass is 16.3. The van der Waals surface area contributed by atoms with E-state index in [9.17, 15) is 5.11 Å². The van der Waals surface area contributed by atoms with E-state index in [0.717, 1.165) is 10.9 Å². The van der Waals surface area contributed by atoms with Crippen LogP contribution in [-0.2, 0) is 0 Å². The summed E-state index contributed by atoms with van der Waals surface area (Å²) in [4.78, 5) is 10.6. The third kappa shape index (κ3) is 3.87. The molecule has 2 rings (SSSR count). The fourth-order valence-electron chi connectivity index (χ4n) is 2.06. The monoisotopic (exact) mass is 260 g/mol. The molecule has 5 heteroatoms. The number of hydrogen-bond acceptors (Lipinski definition) is 5. The lowest BCUT2D eigenvalue weighted by Gasteiger charge is -2.27. The molecule has 0 bridgehead atoms. The van der Waals surface area contributed by atoms with E-state index in [-0.39, 0.29) is 0 Å². The summed E-state index contributed by atoms with van der Waals surface area (Å²) >= 11 is 0. The molecule has 1 aromatic carbocycles. The molecule has 0 aliphatic carbocycles. The lowest BCUT2D eigenvalue weighted by Crippen LogP contribution is -2.43. The molecule has 0 spiro atoms. The first-order valence-corrected chi connectivity index (χ1v) is 6.29. The van der Waals surface area contributed by atoms with E-state index in [1.165, 1.54) is 0 Å². The Kier molecular flexibility index (Phi) is 3.97. The molecule has 0 amide bonds. The highest BCUT2D eigenvalue weighted by Crippen LogP contribution is 2.12. The van der Waals surface area contributed by atoms with Gasteiger partial charge in [-0.25, -0.2) is 9.97 Å². The zero-order valence-electron chi connectivity index (χ0n) is 11.6. The van der Waals surface area contributed by atoms with Crippen LogP contribution in [0.2, 0.25) is 0 Å². The van der Waals surface area contributed by atoms with Crippen LogP contribution in [-0.4, -0.2) is 52.8 Å². The number of hydrogen-bond donors (Lipinski definition) is 2. The fourth-order valence-corrected chi connectivity index (χ4v) is 2.06. The van der Waals surface area contributed by atoms with Crippen LogP contribution in [0.15, 0.2) is 30.5 Å². The van der Waals surface area contributed by atoms with Crippen LogP contribution >= 0.6 is 0 Å². The van der Waals surface area contributed by atoms with Crippen molar-refractivity contribution < 1.29 is 5.11 Å². The molecule has 2 N–H and O–H groups in total. The second-order valence-corrected chi connectivity index (χ2v) is 5.34. The maximum absolute atomic E-state index is 10.2. The molecule has 1 heterocycles. The Hall–Kier alpha value is -1.72. The summed E-state index contributed by atoms with van der Waals surface area (Å²) in [6, 6.07) is 7.82. The van der Waals surface area contributed by atoms with Gasteiger partial charge in [0, 0.05) is 24.7 Å². The Balaban J connectivity index is 2.05. The number of anilines is 1. The van der Waals surface area contributed by atoms with Gasteiger partial charge in [-0.05, 0) is 27.1 Å². The molecular formula is C14H20N4O. The molecule has 0 fully saturated rings.